The number of aromatic nitrogens is 1. The van der Waals surface area contributed by atoms with Crippen LogP contribution in [0.5, 0.6) is 0 Å². The number of carbonyl (C=O) groups is 2. The molecule has 1 aromatic rings. The summed E-state index contributed by atoms with van der Waals surface area (Å²) in [6.45, 7) is 8.73. The van der Waals surface area contributed by atoms with Crippen molar-refractivity contribution in [2.45, 2.75) is 46.1 Å². The minimum absolute atomic E-state index is 0. The van der Waals surface area contributed by atoms with Crippen LogP contribution in [0.2, 0.25) is 0 Å². The topological polar surface area (TPSA) is 86.7 Å². The molecule has 0 aromatic carbocycles. The molecule has 9 heteroatoms. The second-order valence-corrected chi connectivity index (χ2v) is 9.52. The van der Waals surface area contributed by atoms with E-state index in [0.717, 1.165) is 29.6 Å². The van der Waals surface area contributed by atoms with E-state index in [9.17, 15) is 9.59 Å². The molecule has 2 bridgehead atoms. The van der Waals surface area contributed by atoms with E-state index < -0.39 is 0 Å². The fraction of sp³-hybridized carbons (Fsp3) is 0.636. The van der Waals surface area contributed by atoms with Crippen molar-refractivity contribution in [2.24, 2.45) is 28.7 Å². The number of aliphatic imine (C=N–C) groups is 1. The van der Waals surface area contributed by atoms with E-state index in [2.05, 4.69) is 52.0 Å². The molecule has 2 heterocycles. The van der Waals surface area contributed by atoms with Gasteiger partial charge in [0.2, 0.25) is 11.8 Å². The minimum Gasteiger partial charge on any atom is -0.357 e. The number of likely N-dealkylation sites (tertiary alicyclic amines) is 1. The van der Waals surface area contributed by atoms with Gasteiger partial charge in [-0.3, -0.25) is 14.5 Å². The van der Waals surface area contributed by atoms with Gasteiger partial charge in [-0.1, -0.05) is 26.0 Å². The Balaban J connectivity index is 0.00000272. The maximum absolute atomic E-state index is 12.7. The van der Waals surface area contributed by atoms with Gasteiger partial charge in [0.25, 0.3) is 0 Å². The number of allylic oxidation sites excluding steroid dienone is 2. The van der Waals surface area contributed by atoms with Crippen LogP contribution in [0.25, 0.3) is 0 Å². The summed E-state index contributed by atoms with van der Waals surface area (Å²) in [4.78, 5) is 36.2. The number of hydrogen-bond acceptors (Lipinski definition) is 5. The van der Waals surface area contributed by atoms with Gasteiger partial charge in [0.15, 0.2) is 5.96 Å². The molecule has 0 radical (unpaired) electrons. The van der Waals surface area contributed by atoms with Crippen molar-refractivity contribution in [3.05, 3.63) is 28.2 Å². The van der Waals surface area contributed by atoms with Crippen LogP contribution in [0, 0.1) is 23.7 Å². The van der Waals surface area contributed by atoms with Crippen molar-refractivity contribution in [1.29, 1.82) is 0 Å². The molecule has 2 aliphatic carbocycles. The van der Waals surface area contributed by atoms with Crippen molar-refractivity contribution in [1.82, 2.24) is 20.5 Å². The molecular weight excluding hydrogens is 525 g/mol. The first-order chi connectivity index (χ1) is 14.5. The van der Waals surface area contributed by atoms with Crippen LogP contribution in [0.4, 0.5) is 0 Å². The first-order valence-electron chi connectivity index (χ1n) is 11.0. The molecule has 1 saturated heterocycles. The molecule has 2 N–H and O–H groups in total. The van der Waals surface area contributed by atoms with Crippen LogP contribution in [0.3, 0.4) is 0 Å². The van der Waals surface area contributed by atoms with E-state index in [0.29, 0.717) is 32.0 Å². The highest BCUT2D eigenvalue weighted by Gasteiger charge is 2.58. The van der Waals surface area contributed by atoms with Crippen molar-refractivity contribution in [3.8, 4) is 0 Å². The number of amides is 2. The maximum Gasteiger partial charge on any atom is 0.233 e. The summed E-state index contributed by atoms with van der Waals surface area (Å²) in [7, 11) is 0. The van der Waals surface area contributed by atoms with Crippen LogP contribution in [-0.4, -0.2) is 47.3 Å². The first kappa shape index (κ1) is 24.2. The molecule has 7 nitrogen and oxygen atoms in total. The van der Waals surface area contributed by atoms with Crippen LogP contribution >= 0.6 is 35.3 Å². The van der Waals surface area contributed by atoms with Crippen molar-refractivity contribution < 1.29 is 9.59 Å². The van der Waals surface area contributed by atoms with Gasteiger partial charge in [0.1, 0.15) is 0 Å². The van der Waals surface area contributed by atoms with Crippen LogP contribution < -0.4 is 10.6 Å². The number of halogens is 1. The van der Waals surface area contributed by atoms with Crippen molar-refractivity contribution in [2.75, 3.05) is 19.6 Å². The van der Waals surface area contributed by atoms with E-state index in [1.165, 1.54) is 4.90 Å². The third-order valence-corrected chi connectivity index (χ3v) is 7.41. The number of imide groups is 1. The molecule has 1 saturated carbocycles. The summed E-state index contributed by atoms with van der Waals surface area (Å²) in [6, 6.07) is 0. The summed E-state index contributed by atoms with van der Waals surface area (Å²) in [5, 5.41) is 9.74. The average molecular weight is 558 g/mol. The minimum atomic E-state index is -0.104. The van der Waals surface area contributed by atoms with E-state index in [1.54, 1.807) is 11.3 Å². The Morgan fingerprint density at radius 2 is 1.90 bits per heavy atom. The maximum atomic E-state index is 12.7. The SMILES string of the molecule is CCNC(=NCc1csc(C(C)C)n1)NCCCN1C(=O)C2C3C=CC(C3)C2C1=O.I. The lowest BCUT2D eigenvalue weighted by molar-refractivity contribution is -0.140. The molecule has 3 aliphatic rings. The Kier molecular flexibility index (Phi) is 8.12. The highest BCUT2D eigenvalue weighted by atomic mass is 127. The zero-order valence-corrected chi connectivity index (χ0v) is 21.5. The van der Waals surface area contributed by atoms with Gasteiger partial charge in [0.05, 0.1) is 29.1 Å². The fourth-order valence-electron chi connectivity index (χ4n) is 4.79. The lowest BCUT2D eigenvalue weighted by Gasteiger charge is -2.18. The Morgan fingerprint density at radius 1 is 1.23 bits per heavy atom. The van der Waals surface area contributed by atoms with Gasteiger partial charge >= 0.3 is 0 Å². The Labute approximate surface area is 205 Å². The molecule has 1 aromatic heterocycles. The van der Waals surface area contributed by atoms with Crippen molar-refractivity contribution >= 4 is 53.1 Å². The third-order valence-electron chi connectivity index (χ3n) is 6.22. The lowest BCUT2D eigenvalue weighted by atomic mass is 9.85. The number of nitrogens with zero attached hydrogens (tertiary/aromatic N) is 3. The quantitative estimate of drug-likeness (QED) is 0.128. The molecule has 170 valence electrons. The van der Waals surface area contributed by atoms with Crippen LogP contribution in [0.15, 0.2) is 22.5 Å². The largest absolute Gasteiger partial charge is 0.357 e. The van der Waals surface area contributed by atoms with Gasteiger partial charge in [-0.2, -0.15) is 0 Å². The van der Waals surface area contributed by atoms with Gasteiger partial charge in [-0.25, -0.2) is 9.98 Å². The summed E-state index contributed by atoms with van der Waals surface area (Å²) >= 11 is 1.68. The van der Waals surface area contributed by atoms with E-state index in [1.807, 2.05) is 6.92 Å². The second-order valence-electron chi connectivity index (χ2n) is 8.64. The Bertz CT molecular complexity index is 838. The molecular formula is C22H32IN5O2S. The highest BCUT2D eigenvalue weighted by Crippen LogP contribution is 2.52. The number of nitrogens with one attached hydrogen (secondary N) is 2. The number of fused-ring (bicyclic) bond motifs is 5. The molecule has 0 spiro atoms. The van der Waals surface area contributed by atoms with Gasteiger partial charge in [-0.15, -0.1) is 35.3 Å². The molecule has 4 rings (SSSR count). The lowest BCUT2D eigenvalue weighted by Crippen LogP contribution is -2.40. The van der Waals surface area contributed by atoms with E-state index in [-0.39, 0.29) is 59.5 Å². The number of thiazole rings is 1. The second kappa shape index (κ2) is 10.4. The van der Waals surface area contributed by atoms with Gasteiger partial charge in [0, 0.05) is 30.9 Å². The zero-order valence-electron chi connectivity index (χ0n) is 18.3. The molecule has 4 atom stereocenters. The van der Waals surface area contributed by atoms with E-state index in [4.69, 9.17) is 0 Å². The monoisotopic (exact) mass is 557 g/mol. The van der Waals surface area contributed by atoms with Crippen LogP contribution in [-0.2, 0) is 16.1 Å². The predicted molar refractivity (Wildman–Crippen MR) is 133 cm³/mol. The van der Waals surface area contributed by atoms with E-state index >= 15 is 0 Å². The zero-order chi connectivity index (χ0) is 21.3. The highest BCUT2D eigenvalue weighted by molar-refractivity contribution is 14.0. The van der Waals surface area contributed by atoms with Gasteiger partial charge in [-0.05, 0) is 31.6 Å². The Morgan fingerprint density at radius 3 is 2.48 bits per heavy atom. The number of rotatable bonds is 8. The molecule has 31 heavy (non-hydrogen) atoms. The van der Waals surface area contributed by atoms with Gasteiger partial charge < -0.3 is 10.6 Å². The smallest absolute Gasteiger partial charge is 0.233 e. The fourth-order valence-corrected chi connectivity index (χ4v) is 5.62. The summed E-state index contributed by atoms with van der Waals surface area (Å²) < 4.78 is 0. The Hall–Kier alpha value is -1.49. The molecule has 1 aliphatic heterocycles. The number of carbonyl (C=O) groups excluding carboxylic acids is 2. The average Bonchev–Trinajstić information content (AvgIpc) is 3.49. The molecule has 2 fully saturated rings. The third kappa shape index (κ3) is 4.97. The summed E-state index contributed by atoms with van der Waals surface area (Å²) in [6.07, 6.45) is 5.95. The standard InChI is InChI=1S/C22H31N5O2S.HI/c1-4-23-22(25-11-16-12-30-19(26-16)13(2)3)24-8-5-9-27-20(28)17-14-6-7-15(10-14)18(17)21(27)29;/h6-7,12-15,17-18H,4-5,8-11H2,1-3H3,(H2,23,24,25);1H. The first-order valence-corrected chi connectivity index (χ1v) is 11.9. The normalized spacial score (nSPS) is 26.6. The predicted octanol–water partition coefficient (Wildman–Crippen LogP) is 3.14. The van der Waals surface area contributed by atoms with Crippen LogP contribution in [0.1, 0.15) is 50.2 Å². The number of guanidine groups is 1. The summed E-state index contributed by atoms with van der Waals surface area (Å²) in [5.74, 6) is 1.57. The van der Waals surface area contributed by atoms with Crippen molar-refractivity contribution in [3.63, 3.8) is 0 Å². The summed E-state index contributed by atoms with van der Waals surface area (Å²) in [5.41, 5.74) is 0.976. The molecule has 4 unspecified atom stereocenters. The molecule has 2 amide bonds. The number of hydrogen-bond donors (Lipinski definition) is 2.